The third-order valence-electron chi connectivity index (χ3n) is 4.00. The summed E-state index contributed by atoms with van der Waals surface area (Å²) >= 11 is 12.0. The van der Waals surface area contributed by atoms with E-state index in [-0.39, 0.29) is 0 Å². The summed E-state index contributed by atoms with van der Waals surface area (Å²) in [7, 11) is 0. The summed E-state index contributed by atoms with van der Waals surface area (Å²) < 4.78 is 1.81. The van der Waals surface area contributed by atoms with Crippen LogP contribution < -0.4 is 5.32 Å². The maximum absolute atomic E-state index is 6.03. The molecule has 0 atom stereocenters. The SMILES string of the molecule is Cc1nn(-c2ccc(Cl)cc2)cc1-c1ccnc(Nc2cccc(Cl)c2)n1. The number of hydrogen-bond acceptors (Lipinski definition) is 4. The maximum atomic E-state index is 6.03. The molecule has 0 saturated carbocycles. The van der Waals surface area contributed by atoms with Crippen molar-refractivity contribution in [3.8, 4) is 16.9 Å². The van der Waals surface area contributed by atoms with Gasteiger partial charge in [-0.05, 0) is 55.5 Å². The minimum Gasteiger partial charge on any atom is -0.324 e. The standard InChI is InChI=1S/C20H15Cl2N5/c1-13-18(12-27(26-13)17-7-5-14(21)6-8-17)19-9-10-23-20(25-19)24-16-4-2-3-15(22)11-16/h2-12H,1H3,(H,23,24,25). The summed E-state index contributed by atoms with van der Waals surface area (Å²) in [5, 5.41) is 9.10. The fraction of sp³-hybridized carbons (Fsp3) is 0.0500. The molecule has 134 valence electrons. The number of benzene rings is 2. The molecule has 0 amide bonds. The summed E-state index contributed by atoms with van der Waals surface area (Å²) in [4.78, 5) is 8.90. The number of aromatic nitrogens is 4. The molecule has 2 heterocycles. The maximum Gasteiger partial charge on any atom is 0.227 e. The van der Waals surface area contributed by atoms with Crippen molar-refractivity contribution in [2.45, 2.75) is 6.92 Å². The highest BCUT2D eigenvalue weighted by Gasteiger charge is 2.11. The Labute approximate surface area is 166 Å². The fourth-order valence-electron chi connectivity index (χ4n) is 2.70. The molecule has 0 radical (unpaired) electrons. The van der Waals surface area contributed by atoms with E-state index in [4.69, 9.17) is 23.2 Å². The van der Waals surface area contributed by atoms with Crippen molar-refractivity contribution in [2.24, 2.45) is 0 Å². The summed E-state index contributed by atoms with van der Waals surface area (Å²) in [6, 6.07) is 16.8. The Hall–Kier alpha value is -2.89. The van der Waals surface area contributed by atoms with Crippen molar-refractivity contribution in [1.82, 2.24) is 19.7 Å². The molecular formula is C20H15Cl2N5. The zero-order chi connectivity index (χ0) is 18.8. The second kappa shape index (κ2) is 7.39. The van der Waals surface area contributed by atoms with Gasteiger partial charge in [-0.15, -0.1) is 0 Å². The number of nitrogens with zero attached hydrogens (tertiary/aromatic N) is 4. The lowest BCUT2D eigenvalue weighted by atomic mass is 10.2. The Bertz CT molecular complexity index is 1090. The van der Waals surface area contributed by atoms with Gasteiger partial charge in [0.1, 0.15) is 0 Å². The Morgan fingerprint density at radius 1 is 0.963 bits per heavy atom. The van der Waals surface area contributed by atoms with E-state index >= 15 is 0 Å². The van der Waals surface area contributed by atoms with Crippen LogP contribution in [-0.2, 0) is 0 Å². The Morgan fingerprint density at radius 3 is 2.56 bits per heavy atom. The predicted octanol–water partition coefficient (Wildman–Crippen LogP) is 5.69. The predicted molar refractivity (Wildman–Crippen MR) is 109 cm³/mol. The van der Waals surface area contributed by atoms with Crippen LogP contribution >= 0.6 is 23.2 Å². The van der Waals surface area contributed by atoms with Crippen LogP contribution in [0.15, 0.2) is 67.0 Å². The van der Waals surface area contributed by atoms with Crippen molar-refractivity contribution >= 4 is 34.8 Å². The van der Waals surface area contributed by atoms with Gasteiger partial charge in [-0.3, -0.25) is 0 Å². The first-order valence-electron chi connectivity index (χ1n) is 8.27. The van der Waals surface area contributed by atoms with Gasteiger partial charge in [-0.1, -0.05) is 29.3 Å². The van der Waals surface area contributed by atoms with Gasteiger partial charge >= 0.3 is 0 Å². The summed E-state index contributed by atoms with van der Waals surface area (Å²) in [5.74, 6) is 0.494. The molecule has 5 nitrogen and oxygen atoms in total. The smallest absolute Gasteiger partial charge is 0.227 e. The molecule has 0 unspecified atom stereocenters. The van der Waals surface area contributed by atoms with E-state index in [1.54, 1.807) is 6.20 Å². The normalized spacial score (nSPS) is 10.8. The van der Waals surface area contributed by atoms with Crippen LogP contribution in [0.2, 0.25) is 10.0 Å². The highest BCUT2D eigenvalue weighted by Crippen LogP contribution is 2.25. The molecule has 0 fully saturated rings. The molecule has 27 heavy (non-hydrogen) atoms. The quantitative estimate of drug-likeness (QED) is 0.482. The fourth-order valence-corrected chi connectivity index (χ4v) is 3.02. The molecule has 0 spiro atoms. The van der Waals surface area contributed by atoms with Crippen molar-refractivity contribution in [3.63, 3.8) is 0 Å². The van der Waals surface area contributed by atoms with Gasteiger partial charge in [0.15, 0.2) is 0 Å². The Kier molecular flexibility index (Phi) is 4.79. The second-order valence-corrected chi connectivity index (χ2v) is 6.82. The lowest BCUT2D eigenvalue weighted by molar-refractivity contribution is 0.863. The van der Waals surface area contributed by atoms with Gasteiger partial charge in [0.25, 0.3) is 0 Å². The van der Waals surface area contributed by atoms with Gasteiger partial charge in [0.05, 0.1) is 17.1 Å². The molecular weight excluding hydrogens is 381 g/mol. The van der Waals surface area contributed by atoms with Crippen LogP contribution in [-0.4, -0.2) is 19.7 Å². The zero-order valence-corrected chi connectivity index (χ0v) is 15.9. The molecule has 2 aromatic heterocycles. The average molecular weight is 396 g/mol. The molecule has 1 N–H and O–H groups in total. The number of nitrogens with one attached hydrogen (secondary N) is 1. The van der Waals surface area contributed by atoms with E-state index in [9.17, 15) is 0 Å². The first kappa shape index (κ1) is 17.5. The van der Waals surface area contributed by atoms with Crippen LogP contribution in [0.1, 0.15) is 5.69 Å². The summed E-state index contributed by atoms with van der Waals surface area (Å²) in [6.45, 7) is 1.95. The van der Waals surface area contributed by atoms with Crippen LogP contribution in [0.3, 0.4) is 0 Å². The van der Waals surface area contributed by atoms with Crippen molar-refractivity contribution in [2.75, 3.05) is 5.32 Å². The van der Waals surface area contributed by atoms with E-state index in [0.717, 1.165) is 28.3 Å². The van der Waals surface area contributed by atoms with E-state index in [1.807, 2.05) is 72.4 Å². The summed E-state index contributed by atoms with van der Waals surface area (Å²) in [6.07, 6.45) is 3.67. The molecule has 0 aliphatic rings. The third-order valence-corrected chi connectivity index (χ3v) is 4.49. The largest absolute Gasteiger partial charge is 0.324 e. The van der Waals surface area contributed by atoms with E-state index in [0.29, 0.717) is 16.0 Å². The first-order chi connectivity index (χ1) is 13.1. The minimum atomic E-state index is 0.494. The highest BCUT2D eigenvalue weighted by molar-refractivity contribution is 6.31. The minimum absolute atomic E-state index is 0.494. The van der Waals surface area contributed by atoms with E-state index in [1.165, 1.54) is 0 Å². The number of rotatable bonds is 4. The van der Waals surface area contributed by atoms with Crippen molar-refractivity contribution < 1.29 is 0 Å². The van der Waals surface area contributed by atoms with Gasteiger partial charge in [-0.25, -0.2) is 14.6 Å². The van der Waals surface area contributed by atoms with Gasteiger partial charge < -0.3 is 5.32 Å². The molecule has 7 heteroatoms. The highest BCUT2D eigenvalue weighted by atomic mass is 35.5. The third kappa shape index (κ3) is 3.94. The summed E-state index contributed by atoms with van der Waals surface area (Å²) in [5.41, 5.74) is 4.35. The van der Waals surface area contributed by atoms with Crippen LogP contribution in [0.5, 0.6) is 0 Å². The topological polar surface area (TPSA) is 55.6 Å². The number of halogens is 2. The molecule has 2 aromatic carbocycles. The van der Waals surface area contributed by atoms with E-state index in [2.05, 4.69) is 20.4 Å². The lowest BCUT2D eigenvalue weighted by Gasteiger charge is -2.06. The molecule has 4 aromatic rings. The second-order valence-electron chi connectivity index (χ2n) is 5.95. The number of anilines is 2. The molecule has 0 saturated heterocycles. The Morgan fingerprint density at radius 2 is 1.78 bits per heavy atom. The zero-order valence-electron chi connectivity index (χ0n) is 14.4. The first-order valence-corrected chi connectivity index (χ1v) is 9.02. The average Bonchev–Trinajstić information content (AvgIpc) is 3.04. The van der Waals surface area contributed by atoms with Crippen molar-refractivity contribution in [1.29, 1.82) is 0 Å². The van der Waals surface area contributed by atoms with Crippen LogP contribution in [0, 0.1) is 6.92 Å². The van der Waals surface area contributed by atoms with Crippen LogP contribution in [0.4, 0.5) is 11.6 Å². The van der Waals surface area contributed by atoms with Gasteiger partial charge in [0, 0.05) is 33.7 Å². The van der Waals surface area contributed by atoms with Crippen molar-refractivity contribution in [3.05, 3.63) is 82.7 Å². The van der Waals surface area contributed by atoms with Gasteiger partial charge in [0.2, 0.25) is 5.95 Å². The molecule has 0 aliphatic heterocycles. The van der Waals surface area contributed by atoms with Crippen LogP contribution in [0.25, 0.3) is 16.9 Å². The Balaban J connectivity index is 1.65. The number of hydrogen-bond donors (Lipinski definition) is 1. The molecule has 0 bridgehead atoms. The lowest BCUT2D eigenvalue weighted by Crippen LogP contribution is -1.97. The molecule has 4 rings (SSSR count). The number of aryl methyl sites for hydroxylation is 1. The monoisotopic (exact) mass is 395 g/mol. The van der Waals surface area contributed by atoms with Gasteiger partial charge in [-0.2, -0.15) is 5.10 Å². The van der Waals surface area contributed by atoms with E-state index < -0.39 is 0 Å². The molecule has 0 aliphatic carbocycles.